The molecule has 2 aromatic carbocycles. The summed E-state index contributed by atoms with van der Waals surface area (Å²) in [6, 6.07) is 17.2. The summed E-state index contributed by atoms with van der Waals surface area (Å²) >= 11 is 6.05. The topological polar surface area (TPSA) is 98.5 Å². The molecule has 2 N–H and O–H groups in total. The van der Waals surface area contributed by atoms with Crippen LogP contribution in [-0.2, 0) is 0 Å². The van der Waals surface area contributed by atoms with Gasteiger partial charge in [0, 0.05) is 11.6 Å². The number of halogens is 1. The molecule has 0 saturated carbocycles. The third kappa shape index (κ3) is 3.44. The lowest BCUT2D eigenvalue weighted by atomic mass is 9.87. The second-order valence-electron chi connectivity index (χ2n) is 6.44. The van der Waals surface area contributed by atoms with Crippen LogP contribution in [0.5, 0.6) is 11.5 Å². The summed E-state index contributed by atoms with van der Waals surface area (Å²) in [5, 5.41) is 9.86. The minimum atomic E-state index is -0.592. The van der Waals surface area contributed by atoms with Crippen LogP contribution in [0, 0.1) is 18.3 Å². The van der Waals surface area contributed by atoms with Gasteiger partial charge in [-0.2, -0.15) is 5.26 Å². The average molecular weight is 407 g/mol. The minimum Gasteiger partial charge on any atom is -0.465 e. The summed E-state index contributed by atoms with van der Waals surface area (Å²) in [7, 11) is 0. The van der Waals surface area contributed by atoms with Gasteiger partial charge >= 0.3 is 5.97 Å². The van der Waals surface area contributed by atoms with Gasteiger partial charge in [-0.15, -0.1) is 0 Å². The number of furan rings is 1. The van der Waals surface area contributed by atoms with Crippen LogP contribution in [0.25, 0.3) is 0 Å². The number of ether oxygens (including phenoxy) is 2. The SMILES string of the molecule is Cc1ccc(C2C(C#N)=C(N)Oc3cc(OC(=O)c4ccccc4Cl)ccc32)o1. The molecule has 0 fully saturated rings. The van der Waals surface area contributed by atoms with Crippen LogP contribution >= 0.6 is 11.6 Å². The molecule has 1 atom stereocenters. The average Bonchev–Trinajstić information content (AvgIpc) is 3.13. The molecule has 6 nitrogen and oxygen atoms in total. The first kappa shape index (κ1) is 18.7. The smallest absolute Gasteiger partial charge is 0.345 e. The number of aryl methyl sites for hydroxylation is 1. The van der Waals surface area contributed by atoms with E-state index in [-0.39, 0.29) is 22.8 Å². The number of nitrogens with zero attached hydrogens (tertiary/aromatic N) is 1. The Morgan fingerprint density at radius 3 is 2.69 bits per heavy atom. The zero-order valence-corrected chi connectivity index (χ0v) is 16.1. The van der Waals surface area contributed by atoms with Crippen molar-refractivity contribution in [3.8, 4) is 17.6 Å². The van der Waals surface area contributed by atoms with E-state index in [0.717, 1.165) is 0 Å². The lowest BCUT2D eigenvalue weighted by molar-refractivity contribution is 0.0734. The number of fused-ring (bicyclic) bond motifs is 1. The molecular formula is C22H15ClN2O4. The lowest BCUT2D eigenvalue weighted by Crippen LogP contribution is -2.21. The number of rotatable bonds is 3. The molecule has 29 heavy (non-hydrogen) atoms. The van der Waals surface area contributed by atoms with Gasteiger partial charge in [0.1, 0.15) is 34.7 Å². The molecule has 1 aliphatic rings. The second-order valence-corrected chi connectivity index (χ2v) is 6.85. The summed E-state index contributed by atoms with van der Waals surface area (Å²) in [6.07, 6.45) is 0. The van der Waals surface area contributed by atoms with Gasteiger partial charge in [-0.25, -0.2) is 4.79 Å². The van der Waals surface area contributed by atoms with E-state index in [1.165, 1.54) is 0 Å². The molecule has 7 heteroatoms. The van der Waals surface area contributed by atoms with E-state index in [1.54, 1.807) is 48.5 Å². The Kier molecular flexibility index (Phi) is 4.75. The highest BCUT2D eigenvalue weighted by atomic mass is 35.5. The van der Waals surface area contributed by atoms with Crippen molar-refractivity contribution in [3.63, 3.8) is 0 Å². The maximum atomic E-state index is 12.4. The molecule has 0 amide bonds. The van der Waals surface area contributed by atoms with Crippen LogP contribution in [0.4, 0.5) is 0 Å². The van der Waals surface area contributed by atoms with Crippen molar-refractivity contribution in [3.05, 3.63) is 93.7 Å². The maximum Gasteiger partial charge on any atom is 0.345 e. The minimum absolute atomic E-state index is 0.0198. The van der Waals surface area contributed by atoms with Gasteiger partial charge in [-0.05, 0) is 37.3 Å². The fraction of sp³-hybridized carbons (Fsp3) is 0.0909. The van der Waals surface area contributed by atoms with Crippen LogP contribution in [-0.4, -0.2) is 5.97 Å². The van der Waals surface area contributed by atoms with E-state index in [9.17, 15) is 10.1 Å². The van der Waals surface area contributed by atoms with Crippen LogP contribution in [0.3, 0.4) is 0 Å². The molecule has 0 aliphatic carbocycles. The summed E-state index contributed by atoms with van der Waals surface area (Å²) in [6.45, 7) is 1.82. The second kappa shape index (κ2) is 7.38. The molecule has 1 unspecified atom stereocenters. The molecule has 0 saturated heterocycles. The number of benzene rings is 2. The third-order valence-electron chi connectivity index (χ3n) is 4.54. The number of carbonyl (C=O) groups excluding carboxylic acids is 1. The summed E-state index contributed by atoms with van der Waals surface area (Å²) < 4.78 is 16.8. The van der Waals surface area contributed by atoms with Gasteiger partial charge < -0.3 is 19.6 Å². The third-order valence-corrected chi connectivity index (χ3v) is 4.87. The fourth-order valence-corrected chi connectivity index (χ4v) is 3.40. The number of carbonyl (C=O) groups is 1. The fourth-order valence-electron chi connectivity index (χ4n) is 3.19. The Bertz CT molecular complexity index is 1190. The van der Waals surface area contributed by atoms with Crippen molar-refractivity contribution >= 4 is 17.6 Å². The Morgan fingerprint density at radius 1 is 1.21 bits per heavy atom. The quantitative estimate of drug-likeness (QED) is 0.501. The molecule has 144 valence electrons. The lowest BCUT2D eigenvalue weighted by Gasteiger charge is -2.25. The number of esters is 1. The number of allylic oxidation sites excluding steroid dienone is 1. The Hall–Kier alpha value is -3.69. The molecule has 2 heterocycles. The first-order valence-corrected chi connectivity index (χ1v) is 9.10. The number of nitrogens with two attached hydrogens (primary N) is 1. The summed E-state index contributed by atoms with van der Waals surface area (Å²) in [4.78, 5) is 12.4. The highest BCUT2D eigenvalue weighted by molar-refractivity contribution is 6.33. The van der Waals surface area contributed by atoms with E-state index in [4.69, 9.17) is 31.2 Å². The van der Waals surface area contributed by atoms with Crippen molar-refractivity contribution in [2.75, 3.05) is 0 Å². The standard InChI is InChI=1S/C22H15ClN2O4/c1-12-6-9-18(27-12)20-15-8-7-13(10-19(15)29-21(25)16(20)11-24)28-22(26)14-4-2-3-5-17(14)23/h2-10,20H,25H2,1H3. The summed E-state index contributed by atoms with van der Waals surface area (Å²) in [5.41, 5.74) is 7.16. The van der Waals surface area contributed by atoms with Gasteiger partial charge in [0.25, 0.3) is 0 Å². The predicted molar refractivity (Wildman–Crippen MR) is 106 cm³/mol. The Labute approximate surface area is 171 Å². The number of nitriles is 1. The van der Waals surface area contributed by atoms with E-state index < -0.39 is 11.9 Å². The normalized spacial score (nSPS) is 15.3. The van der Waals surface area contributed by atoms with Crippen LogP contribution < -0.4 is 15.2 Å². The van der Waals surface area contributed by atoms with Crippen molar-refractivity contribution < 1.29 is 18.7 Å². The summed E-state index contributed by atoms with van der Waals surface area (Å²) in [5.74, 6) is 0.813. The number of hydrogen-bond donors (Lipinski definition) is 1. The van der Waals surface area contributed by atoms with Gasteiger partial charge in [-0.1, -0.05) is 29.8 Å². The zero-order valence-electron chi connectivity index (χ0n) is 15.3. The van der Waals surface area contributed by atoms with Gasteiger partial charge in [0.15, 0.2) is 0 Å². The van der Waals surface area contributed by atoms with Crippen molar-refractivity contribution in [2.24, 2.45) is 5.73 Å². The molecule has 0 bridgehead atoms. The molecule has 0 spiro atoms. The van der Waals surface area contributed by atoms with Crippen LogP contribution in [0.15, 0.2) is 70.5 Å². The maximum absolute atomic E-state index is 12.4. The highest BCUT2D eigenvalue weighted by Gasteiger charge is 2.33. The first-order valence-electron chi connectivity index (χ1n) is 8.72. The van der Waals surface area contributed by atoms with Gasteiger partial charge in [-0.3, -0.25) is 0 Å². The predicted octanol–water partition coefficient (Wildman–Crippen LogP) is 4.68. The number of hydrogen-bond acceptors (Lipinski definition) is 6. The van der Waals surface area contributed by atoms with Gasteiger partial charge in [0.2, 0.25) is 5.88 Å². The largest absolute Gasteiger partial charge is 0.465 e. The van der Waals surface area contributed by atoms with E-state index in [1.807, 2.05) is 13.0 Å². The molecule has 1 aromatic heterocycles. The monoisotopic (exact) mass is 406 g/mol. The molecule has 3 aromatic rings. The molecule has 1 aliphatic heterocycles. The molecule has 0 radical (unpaired) electrons. The van der Waals surface area contributed by atoms with Crippen LogP contribution in [0.2, 0.25) is 5.02 Å². The highest BCUT2D eigenvalue weighted by Crippen LogP contribution is 2.43. The van der Waals surface area contributed by atoms with E-state index in [0.29, 0.717) is 27.9 Å². The van der Waals surface area contributed by atoms with E-state index >= 15 is 0 Å². The zero-order chi connectivity index (χ0) is 20.5. The van der Waals surface area contributed by atoms with Crippen molar-refractivity contribution in [1.82, 2.24) is 0 Å². The molecule has 4 rings (SSSR count). The van der Waals surface area contributed by atoms with Crippen molar-refractivity contribution in [1.29, 1.82) is 5.26 Å². The van der Waals surface area contributed by atoms with E-state index in [2.05, 4.69) is 6.07 Å². The van der Waals surface area contributed by atoms with Crippen molar-refractivity contribution in [2.45, 2.75) is 12.8 Å². The molecular weight excluding hydrogens is 392 g/mol. The van der Waals surface area contributed by atoms with Gasteiger partial charge in [0.05, 0.1) is 16.5 Å². The first-order chi connectivity index (χ1) is 14.0. The Morgan fingerprint density at radius 2 is 2.00 bits per heavy atom. The van der Waals surface area contributed by atoms with Crippen LogP contribution in [0.1, 0.15) is 33.4 Å². The Balaban J connectivity index is 1.70.